The van der Waals surface area contributed by atoms with Gasteiger partial charge in [-0.05, 0) is 23.6 Å². The van der Waals surface area contributed by atoms with Crippen LogP contribution >= 0.6 is 11.3 Å². The third-order valence-corrected chi connectivity index (χ3v) is 4.03. The Morgan fingerprint density at radius 1 is 0.895 bits per heavy atom. The van der Waals surface area contributed by atoms with Gasteiger partial charge in [0.05, 0.1) is 5.00 Å². The number of anilines is 2. The highest BCUT2D eigenvalue weighted by atomic mass is 32.1. The molecular weight excluding hydrogens is 257 g/mol. The summed E-state index contributed by atoms with van der Waals surface area (Å²) in [6.07, 6.45) is 0. The van der Waals surface area contributed by atoms with Gasteiger partial charge in [-0.2, -0.15) is 0 Å². The summed E-state index contributed by atoms with van der Waals surface area (Å²) in [6.45, 7) is 0. The molecule has 3 N–H and O–H groups in total. The van der Waals surface area contributed by atoms with Gasteiger partial charge in [-0.1, -0.05) is 36.4 Å². The number of benzene rings is 2. The summed E-state index contributed by atoms with van der Waals surface area (Å²) in [6, 6.07) is 17.4. The predicted octanol–water partition coefficient (Wildman–Crippen LogP) is 2.32. The second-order valence-corrected chi connectivity index (χ2v) is 5.26. The van der Waals surface area contributed by atoms with Crippen molar-refractivity contribution in [1.29, 1.82) is 0 Å². The van der Waals surface area contributed by atoms with Crippen molar-refractivity contribution in [1.82, 2.24) is 0 Å². The van der Waals surface area contributed by atoms with Gasteiger partial charge >= 0.3 is 7.12 Å². The highest BCUT2D eigenvalue weighted by Crippen LogP contribution is 2.29. The largest absolute Gasteiger partial charge is 0.492 e. The first-order valence-corrected chi connectivity index (χ1v) is 6.77. The van der Waals surface area contributed by atoms with Gasteiger partial charge in [0.25, 0.3) is 0 Å². The molecule has 1 aromatic heterocycles. The van der Waals surface area contributed by atoms with Crippen LogP contribution < -0.4 is 10.8 Å². The van der Waals surface area contributed by atoms with E-state index < -0.39 is 7.12 Å². The summed E-state index contributed by atoms with van der Waals surface area (Å²) in [7, 11) is -1.48. The van der Waals surface area contributed by atoms with E-state index in [1.165, 1.54) is 11.3 Å². The number of nitrogens with one attached hydrogen (secondary N) is 1. The van der Waals surface area contributed by atoms with Gasteiger partial charge in [-0.3, -0.25) is 0 Å². The molecule has 3 aromatic rings. The SMILES string of the molecule is OB(O)c1c(Nc2ccccc2)sc2ccccc12. The number of rotatable bonds is 3. The lowest BCUT2D eigenvalue weighted by molar-refractivity contribution is 0.426. The smallest absolute Gasteiger partial charge is 0.423 e. The molecule has 0 aliphatic carbocycles. The number of hydrogen-bond acceptors (Lipinski definition) is 4. The van der Waals surface area contributed by atoms with Crippen LogP contribution in [0.3, 0.4) is 0 Å². The fourth-order valence-electron chi connectivity index (χ4n) is 2.07. The minimum atomic E-state index is -1.48. The topological polar surface area (TPSA) is 52.5 Å². The van der Waals surface area contributed by atoms with Crippen LogP contribution in [-0.4, -0.2) is 17.2 Å². The molecule has 2 aromatic carbocycles. The Bertz CT molecular complexity index is 697. The zero-order valence-electron chi connectivity index (χ0n) is 10.1. The van der Waals surface area contributed by atoms with E-state index in [1.54, 1.807) is 0 Å². The summed E-state index contributed by atoms with van der Waals surface area (Å²) in [5.41, 5.74) is 1.46. The van der Waals surface area contributed by atoms with E-state index in [2.05, 4.69) is 5.32 Å². The van der Waals surface area contributed by atoms with Gasteiger partial charge in [0.2, 0.25) is 0 Å². The first kappa shape index (κ1) is 12.2. The van der Waals surface area contributed by atoms with E-state index in [0.29, 0.717) is 5.46 Å². The maximum absolute atomic E-state index is 9.59. The quantitative estimate of drug-likeness (QED) is 0.639. The zero-order valence-corrected chi connectivity index (χ0v) is 10.9. The van der Waals surface area contributed by atoms with Crippen LogP contribution in [0.5, 0.6) is 0 Å². The highest BCUT2D eigenvalue weighted by molar-refractivity contribution is 7.24. The molecule has 94 valence electrons. The van der Waals surface area contributed by atoms with Crippen LogP contribution in [0.2, 0.25) is 0 Å². The summed E-state index contributed by atoms with van der Waals surface area (Å²) in [5.74, 6) is 0. The summed E-state index contributed by atoms with van der Waals surface area (Å²) in [5, 5.41) is 24.1. The molecule has 0 saturated carbocycles. The molecule has 0 atom stereocenters. The van der Waals surface area contributed by atoms with Gasteiger partial charge in [-0.15, -0.1) is 11.3 Å². The minimum absolute atomic E-state index is 0.532. The van der Waals surface area contributed by atoms with Crippen molar-refractivity contribution in [3.8, 4) is 0 Å². The Hall–Kier alpha value is -1.82. The van der Waals surface area contributed by atoms with Crippen LogP contribution in [-0.2, 0) is 0 Å². The highest BCUT2D eigenvalue weighted by Gasteiger charge is 2.22. The summed E-state index contributed by atoms with van der Waals surface area (Å²) < 4.78 is 1.03. The van der Waals surface area contributed by atoms with Crippen molar-refractivity contribution in [3.05, 3.63) is 54.6 Å². The first-order valence-electron chi connectivity index (χ1n) is 5.95. The van der Waals surface area contributed by atoms with Gasteiger partial charge in [-0.25, -0.2) is 0 Å². The molecule has 0 fully saturated rings. The van der Waals surface area contributed by atoms with Gasteiger partial charge in [0.15, 0.2) is 0 Å². The fraction of sp³-hybridized carbons (Fsp3) is 0. The molecule has 0 amide bonds. The molecule has 1 heterocycles. The van der Waals surface area contributed by atoms with Gasteiger partial charge in [0.1, 0.15) is 0 Å². The van der Waals surface area contributed by atoms with E-state index in [4.69, 9.17) is 0 Å². The average Bonchev–Trinajstić information content (AvgIpc) is 2.77. The Labute approximate surface area is 115 Å². The van der Waals surface area contributed by atoms with Crippen molar-refractivity contribution >= 4 is 44.7 Å². The van der Waals surface area contributed by atoms with Gasteiger partial charge in [0, 0.05) is 15.9 Å². The molecule has 5 heteroatoms. The molecular formula is C14H12BNO2S. The lowest BCUT2D eigenvalue weighted by Gasteiger charge is -2.06. The standard InChI is InChI=1S/C14H12BNO2S/c17-15(18)13-11-8-4-5-9-12(11)19-14(13)16-10-6-2-1-3-7-10/h1-9,16-18H. The fourth-order valence-corrected chi connectivity index (χ4v) is 3.22. The van der Waals surface area contributed by atoms with Crippen LogP contribution in [0.25, 0.3) is 10.1 Å². The van der Waals surface area contributed by atoms with E-state index in [-0.39, 0.29) is 0 Å². The molecule has 0 radical (unpaired) electrons. The molecule has 0 aliphatic rings. The second kappa shape index (κ2) is 5.05. The molecule has 3 nitrogen and oxygen atoms in total. The van der Waals surface area contributed by atoms with Crippen LogP contribution in [0.4, 0.5) is 10.7 Å². The van der Waals surface area contributed by atoms with Crippen molar-refractivity contribution in [2.45, 2.75) is 0 Å². The number of para-hydroxylation sites is 1. The number of hydrogen-bond donors (Lipinski definition) is 3. The van der Waals surface area contributed by atoms with Crippen LogP contribution in [0, 0.1) is 0 Å². The lowest BCUT2D eigenvalue weighted by Crippen LogP contribution is -2.30. The third kappa shape index (κ3) is 2.36. The third-order valence-electron chi connectivity index (χ3n) is 2.92. The van der Waals surface area contributed by atoms with Crippen LogP contribution in [0.15, 0.2) is 54.6 Å². The zero-order chi connectivity index (χ0) is 13.2. The van der Waals surface area contributed by atoms with Crippen molar-refractivity contribution < 1.29 is 10.0 Å². The normalized spacial score (nSPS) is 10.6. The molecule has 0 spiro atoms. The summed E-state index contributed by atoms with van der Waals surface area (Å²) >= 11 is 1.52. The van der Waals surface area contributed by atoms with Gasteiger partial charge < -0.3 is 15.4 Å². The van der Waals surface area contributed by atoms with E-state index in [1.807, 2.05) is 54.6 Å². The molecule has 19 heavy (non-hydrogen) atoms. The van der Waals surface area contributed by atoms with E-state index in [0.717, 1.165) is 20.8 Å². The average molecular weight is 269 g/mol. The predicted molar refractivity (Wildman–Crippen MR) is 81.4 cm³/mol. The van der Waals surface area contributed by atoms with Crippen molar-refractivity contribution in [2.24, 2.45) is 0 Å². The molecule has 0 saturated heterocycles. The molecule has 3 rings (SSSR count). The van der Waals surface area contributed by atoms with Crippen molar-refractivity contribution in [3.63, 3.8) is 0 Å². The lowest BCUT2D eigenvalue weighted by atomic mass is 9.79. The van der Waals surface area contributed by atoms with Crippen molar-refractivity contribution in [2.75, 3.05) is 5.32 Å². The second-order valence-electron chi connectivity index (χ2n) is 4.21. The van der Waals surface area contributed by atoms with E-state index in [9.17, 15) is 10.0 Å². The maximum Gasteiger partial charge on any atom is 0.492 e. The monoisotopic (exact) mass is 269 g/mol. The Morgan fingerprint density at radius 2 is 1.58 bits per heavy atom. The maximum atomic E-state index is 9.59. The van der Waals surface area contributed by atoms with E-state index >= 15 is 0 Å². The number of fused-ring (bicyclic) bond motifs is 1. The Kier molecular flexibility index (Phi) is 3.25. The molecule has 0 unspecified atom stereocenters. The minimum Gasteiger partial charge on any atom is -0.423 e. The van der Waals surface area contributed by atoms with Crippen LogP contribution in [0.1, 0.15) is 0 Å². The Morgan fingerprint density at radius 3 is 2.32 bits per heavy atom. The molecule has 0 bridgehead atoms. The first-order chi connectivity index (χ1) is 9.25. The number of thiophene rings is 1. The molecule has 0 aliphatic heterocycles. The Balaban J connectivity index is 2.10. The summed E-state index contributed by atoms with van der Waals surface area (Å²) in [4.78, 5) is 0.